The predicted octanol–water partition coefficient (Wildman–Crippen LogP) is 7.63. The Morgan fingerprint density at radius 2 is 1.42 bits per heavy atom. The quantitative estimate of drug-likeness (QED) is 0.242. The molecule has 1 aromatic heterocycles. The highest BCUT2D eigenvalue weighted by Gasteiger charge is 2.38. The summed E-state index contributed by atoms with van der Waals surface area (Å²) < 4.78 is 2.51. The Morgan fingerprint density at radius 3 is 2.32 bits per heavy atom. The van der Waals surface area contributed by atoms with E-state index < -0.39 is 0 Å². The second kappa shape index (κ2) is 7.77. The molecule has 38 heavy (non-hydrogen) atoms. The zero-order valence-electron chi connectivity index (χ0n) is 21.5. The van der Waals surface area contributed by atoms with E-state index in [0.717, 1.165) is 17.0 Å². The molecular formula is C35H28N3+. The van der Waals surface area contributed by atoms with Crippen molar-refractivity contribution in [3.8, 4) is 11.1 Å². The normalized spacial score (nSPS) is 17.2. The Kier molecular flexibility index (Phi) is 4.41. The standard InChI is InChI=1S/C35H27N3/c1-35(2)25-16-8-6-14-23(25)31-26(35)20-21-30-32(31)24-15-7-11-19-29(24)38(30)34-33(22-12-4-3-5-13-22)36-27-17-9-10-18-28(27)37-34/h3-21,34,37H,1-2H3/p+1. The molecule has 1 aliphatic heterocycles. The first-order valence-electron chi connectivity index (χ1n) is 13.4. The molecule has 2 aliphatic rings. The molecule has 6 aromatic rings. The number of hydrogen-bond acceptors (Lipinski definition) is 1. The molecule has 0 saturated heterocycles. The van der Waals surface area contributed by atoms with Gasteiger partial charge in [-0.15, -0.1) is 0 Å². The van der Waals surface area contributed by atoms with Crippen LogP contribution in [0.3, 0.4) is 0 Å². The maximum absolute atomic E-state index is 5.26. The van der Waals surface area contributed by atoms with Crippen molar-refractivity contribution in [1.82, 2.24) is 4.57 Å². The third-order valence-corrected chi connectivity index (χ3v) is 8.56. The molecular weight excluding hydrogens is 462 g/mol. The van der Waals surface area contributed by atoms with E-state index in [9.17, 15) is 0 Å². The summed E-state index contributed by atoms with van der Waals surface area (Å²) in [6.07, 6.45) is -0.0302. The summed E-state index contributed by atoms with van der Waals surface area (Å²) in [7, 11) is 0. The number of aromatic nitrogens is 1. The van der Waals surface area contributed by atoms with Gasteiger partial charge in [-0.1, -0.05) is 105 Å². The second-order valence-electron chi connectivity index (χ2n) is 11.0. The molecule has 1 aliphatic carbocycles. The highest BCUT2D eigenvalue weighted by molar-refractivity contribution is 6.18. The zero-order valence-corrected chi connectivity index (χ0v) is 21.5. The topological polar surface area (TPSA) is 33.9 Å². The summed E-state index contributed by atoms with van der Waals surface area (Å²) in [6, 6.07) is 41.6. The van der Waals surface area contributed by atoms with Gasteiger partial charge in [-0.25, -0.2) is 4.99 Å². The summed E-state index contributed by atoms with van der Waals surface area (Å²) in [4.78, 5) is 5.26. The van der Waals surface area contributed by atoms with Crippen LogP contribution in [-0.4, -0.2) is 10.3 Å². The zero-order chi connectivity index (χ0) is 25.4. The Morgan fingerprint density at radius 1 is 0.684 bits per heavy atom. The van der Waals surface area contributed by atoms with E-state index in [4.69, 9.17) is 4.99 Å². The summed E-state index contributed by atoms with van der Waals surface area (Å²) in [6.45, 7) is 4.71. The van der Waals surface area contributed by atoms with Gasteiger partial charge in [-0.3, -0.25) is 9.88 Å². The molecule has 3 nitrogen and oxygen atoms in total. The smallest absolute Gasteiger partial charge is 0.215 e. The third kappa shape index (κ3) is 2.85. The van der Waals surface area contributed by atoms with Crippen molar-refractivity contribution in [2.75, 3.05) is 0 Å². The molecule has 0 spiro atoms. The molecule has 3 heteroatoms. The molecule has 8 rings (SSSR count). The van der Waals surface area contributed by atoms with Crippen LogP contribution in [0, 0.1) is 0 Å². The minimum atomic E-state index is -0.0319. The highest BCUT2D eigenvalue weighted by atomic mass is 15.2. The van der Waals surface area contributed by atoms with Crippen LogP contribution in [-0.2, 0) is 5.41 Å². The van der Waals surface area contributed by atoms with Crippen LogP contribution < -0.4 is 5.32 Å². The van der Waals surface area contributed by atoms with Crippen LogP contribution in [0.2, 0.25) is 0 Å². The van der Waals surface area contributed by atoms with Crippen molar-refractivity contribution in [3.05, 3.63) is 132 Å². The van der Waals surface area contributed by atoms with E-state index in [1.165, 1.54) is 49.7 Å². The molecule has 0 bridgehead atoms. The largest absolute Gasteiger partial charge is 0.287 e. The third-order valence-electron chi connectivity index (χ3n) is 8.56. The summed E-state index contributed by atoms with van der Waals surface area (Å²) >= 11 is 0. The van der Waals surface area contributed by atoms with Gasteiger partial charge in [0.1, 0.15) is 11.4 Å². The molecule has 2 heterocycles. The molecule has 2 N–H and O–H groups in total. The van der Waals surface area contributed by atoms with E-state index in [1.807, 2.05) is 0 Å². The first-order chi connectivity index (χ1) is 18.6. The SMILES string of the molecule is CC1(C)c2ccccc2-c2c1ccc1c2c2ccccc2n1C1[NH2+]c2ccccc2N=C1c1ccccc1. The summed E-state index contributed by atoms with van der Waals surface area (Å²) in [5.74, 6) is 0. The predicted molar refractivity (Wildman–Crippen MR) is 157 cm³/mol. The van der Waals surface area contributed by atoms with Crippen molar-refractivity contribution in [1.29, 1.82) is 0 Å². The number of hydrogen-bond donors (Lipinski definition) is 1. The van der Waals surface area contributed by atoms with Gasteiger partial charge in [0.25, 0.3) is 0 Å². The lowest BCUT2D eigenvalue weighted by atomic mass is 9.82. The molecule has 0 amide bonds. The van der Waals surface area contributed by atoms with E-state index in [-0.39, 0.29) is 11.6 Å². The maximum atomic E-state index is 5.26. The average molecular weight is 491 g/mol. The van der Waals surface area contributed by atoms with Crippen molar-refractivity contribution in [2.45, 2.75) is 25.4 Å². The van der Waals surface area contributed by atoms with Gasteiger partial charge in [0.2, 0.25) is 6.17 Å². The van der Waals surface area contributed by atoms with Crippen LogP contribution in [0.25, 0.3) is 32.9 Å². The number of nitrogens with zero attached hydrogens (tertiary/aromatic N) is 2. The van der Waals surface area contributed by atoms with Crippen LogP contribution in [0.15, 0.2) is 120 Å². The van der Waals surface area contributed by atoms with Crippen molar-refractivity contribution < 1.29 is 5.32 Å². The molecule has 0 fully saturated rings. The van der Waals surface area contributed by atoms with Gasteiger partial charge >= 0.3 is 0 Å². The van der Waals surface area contributed by atoms with Crippen LogP contribution in [0.4, 0.5) is 11.4 Å². The number of benzene rings is 5. The van der Waals surface area contributed by atoms with E-state index in [1.54, 1.807) is 0 Å². The Bertz CT molecular complexity index is 1920. The maximum Gasteiger partial charge on any atom is 0.215 e. The van der Waals surface area contributed by atoms with Gasteiger partial charge in [0, 0.05) is 27.8 Å². The highest BCUT2D eigenvalue weighted by Crippen LogP contribution is 2.53. The first-order valence-corrected chi connectivity index (χ1v) is 13.4. The number of para-hydroxylation sites is 3. The van der Waals surface area contributed by atoms with Gasteiger partial charge < -0.3 is 0 Å². The van der Waals surface area contributed by atoms with Crippen LogP contribution >= 0.6 is 0 Å². The van der Waals surface area contributed by atoms with Gasteiger partial charge in [-0.2, -0.15) is 0 Å². The van der Waals surface area contributed by atoms with Crippen molar-refractivity contribution in [2.24, 2.45) is 4.99 Å². The van der Waals surface area contributed by atoms with E-state index in [0.29, 0.717) is 0 Å². The lowest BCUT2D eigenvalue weighted by Gasteiger charge is -2.26. The van der Waals surface area contributed by atoms with Crippen molar-refractivity contribution >= 4 is 38.9 Å². The summed E-state index contributed by atoms with van der Waals surface area (Å²) in [5.41, 5.74) is 12.4. The average Bonchev–Trinajstić information content (AvgIpc) is 3.42. The molecule has 5 aromatic carbocycles. The van der Waals surface area contributed by atoms with Crippen LogP contribution in [0.1, 0.15) is 36.7 Å². The number of aliphatic imine (C=N–C) groups is 1. The first kappa shape index (κ1) is 21.6. The summed E-state index contributed by atoms with van der Waals surface area (Å²) in [5, 5.41) is 5.03. The molecule has 1 atom stereocenters. The Balaban J connectivity index is 1.47. The number of rotatable bonds is 2. The van der Waals surface area contributed by atoms with Crippen LogP contribution in [0.5, 0.6) is 0 Å². The number of fused-ring (bicyclic) bond motifs is 8. The molecule has 0 radical (unpaired) electrons. The van der Waals surface area contributed by atoms with E-state index in [2.05, 4.69) is 139 Å². The second-order valence-corrected chi connectivity index (χ2v) is 11.0. The van der Waals surface area contributed by atoms with Gasteiger partial charge in [0.05, 0.1) is 11.0 Å². The fourth-order valence-electron chi connectivity index (χ4n) is 6.80. The Labute approximate surface area is 222 Å². The fourth-order valence-corrected chi connectivity index (χ4v) is 6.80. The molecule has 182 valence electrons. The fraction of sp³-hybridized carbons (Fsp3) is 0.114. The van der Waals surface area contributed by atoms with Crippen molar-refractivity contribution in [3.63, 3.8) is 0 Å². The number of nitrogens with two attached hydrogens (primary N) is 1. The minimum absolute atomic E-state index is 0.0302. The van der Waals surface area contributed by atoms with Gasteiger partial charge in [0.15, 0.2) is 5.69 Å². The number of quaternary nitrogens is 1. The molecule has 0 saturated carbocycles. The minimum Gasteiger partial charge on any atom is -0.287 e. The van der Waals surface area contributed by atoms with E-state index >= 15 is 0 Å². The lowest BCUT2D eigenvalue weighted by molar-refractivity contribution is -0.614. The lowest BCUT2D eigenvalue weighted by Crippen LogP contribution is -2.83. The molecule has 1 unspecified atom stereocenters. The Hall–Kier alpha value is -4.47. The monoisotopic (exact) mass is 490 g/mol. The van der Waals surface area contributed by atoms with Gasteiger partial charge in [-0.05, 0) is 40.5 Å².